The first-order valence-corrected chi connectivity index (χ1v) is 7.55. The molecule has 4 nitrogen and oxygen atoms in total. The van der Waals surface area contributed by atoms with Crippen LogP contribution < -0.4 is 0 Å². The number of aliphatic hydroxyl groups is 1. The average Bonchev–Trinajstić information content (AvgIpc) is 2.37. The van der Waals surface area contributed by atoms with Gasteiger partial charge in [0.1, 0.15) is 0 Å². The molecule has 19 heavy (non-hydrogen) atoms. The van der Waals surface area contributed by atoms with Crippen LogP contribution in [0.15, 0.2) is 28.7 Å². The van der Waals surface area contributed by atoms with Crippen molar-refractivity contribution >= 4 is 15.9 Å². The highest BCUT2D eigenvalue weighted by Crippen LogP contribution is 2.44. The summed E-state index contributed by atoms with van der Waals surface area (Å²) >= 11 is 3.45. The molecule has 4 fully saturated rings. The molecule has 1 atom stereocenters. The van der Waals surface area contributed by atoms with E-state index < -0.39 is 0 Å². The Hall–Kier alpha value is -0.460. The number of nitrogens with zero attached hydrogens (tertiary/aromatic N) is 3. The van der Waals surface area contributed by atoms with Crippen LogP contribution in [0.3, 0.4) is 0 Å². The molecular formula is C14H18BrN3O. The van der Waals surface area contributed by atoms with E-state index in [-0.39, 0.29) is 11.5 Å². The van der Waals surface area contributed by atoms with E-state index in [0.717, 1.165) is 49.7 Å². The molecule has 1 aromatic carbocycles. The van der Waals surface area contributed by atoms with Crippen molar-refractivity contribution in [2.24, 2.45) is 5.41 Å². The monoisotopic (exact) mass is 323 g/mol. The van der Waals surface area contributed by atoms with Gasteiger partial charge in [-0.15, -0.1) is 0 Å². The lowest BCUT2D eigenvalue weighted by Crippen LogP contribution is -2.73. The number of halogens is 1. The standard InChI is InChI=1S/C14H18BrN3O/c15-12-3-1-11(2-4-12)13(19)14-5-16-8-17(6-14)10-18(7-14)9-16/h1-4,13,19H,5-10H2. The van der Waals surface area contributed by atoms with Crippen molar-refractivity contribution in [1.29, 1.82) is 0 Å². The molecule has 0 aromatic heterocycles. The van der Waals surface area contributed by atoms with Gasteiger partial charge in [-0.3, -0.25) is 14.7 Å². The second kappa shape index (κ2) is 4.27. The first kappa shape index (κ1) is 12.3. The molecule has 1 unspecified atom stereocenters. The zero-order valence-electron chi connectivity index (χ0n) is 10.8. The first-order chi connectivity index (χ1) is 9.14. The van der Waals surface area contributed by atoms with E-state index in [1.807, 2.05) is 24.3 Å². The van der Waals surface area contributed by atoms with E-state index in [1.165, 1.54) is 0 Å². The number of benzene rings is 1. The molecule has 5 heteroatoms. The lowest BCUT2D eigenvalue weighted by molar-refractivity contribution is -0.204. The summed E-state index contributed by atoms with van der Waals surface area (Å²) in [6, 6.07) is 8.10. The number of rotatable bonds is 2. The van der Waals surface area contributed by atoms with Crippen molar-refractivity contribution in [3.8, 4) is 0 Å². The molecule has 4 aliphatic rings. The third-order valence-corrected chi connectivity index (χ3v) is 5.11. The van der Waals surface area contributed by atoms with Gasteiger partial charge in [-0.05, 0) is 17.7 Å². The fourth-order valence-electron chi connectivity index (χ4n) is 4.03. The minimum atomic E-state index is -0.381. The van der Waals surface area contributed by atoms with Gasteiger partial charge in [-0.25, -0.2) is 0 Å². The van der Waals surface area contributed by atoms with Crippen LogP contribution in [0.25, 0.3) is 0 Å². The van der Waals surface area contributed by atoms with Gasteiger partial charge in [0, 0.05) is 29.5 Å². The predicted molar refractivity (Wildman–Crippen MR) is 76.3 cm³/mol. The van der Waals surface area contributed by atoms with Crippen molar-refractivity contribution in [2.45, 2.75) is 6.10 Å². The Morgan fingerprint density at radius 1 is 0.947 bits per heavy atom. The number of aliphatic hydroxyl groups excluding tert-OH is 1. The molecule has 4 saturated heterocycles. The molecule has 102 valence electrons. The molecule has 1 N–H and O–H groups in total. The topological polar surface area (TPSA) is 30.0 Å². The number of hydrogen-bond donors (Lipinski definition) is 1. The molecule has 0 aliphatic carbocycles. The smallest absolute Gasteiger partial charge is 0.0883 e. The highest BCUT2D eigenvalue weighted by Gasteiger charge is 2.52. The van der Waals surface area contributed by atoms with E-state index in [4.69, 9.17) is 0 Å². The van der Waals surface area contributed by atoms with Gasteiger partial charge in [-0.2, -0.15) is 0 Å². The van der Waals surface area contributed by atoms with Crippen molar-refractivity contribution in [1.82, 2.24) is 14.7 Å². The summed E-state index contributed by atoms with van der Waals surface area (Å²) < 4.78 is 1.06. The molecule has 4 heterocycles. The summed E-state index contributed by atoms with van der Waals surface area (Å²) in [4.78, 5) is 7.33. The predicted octanol–water partition coefficient (Wildman–Crippen LogP) is 1.29. The highest BCUT2D eigenvalue weighted by molar-refractivity contribution is 9.10. The van der Waals surface area contributed by atoms with Crippen LogP contribution in [0, 0.1) is 5.41 Å². The zero-order chi connectivity index (χ0) is 13.0. The van der Waals surface area contributed by atoms with Crippen LogP contribution in [0.5, 0.6) is 0 Å². The van der Waals surface area contributed by atoms with Crippen molar-refractivity contribution in [3.63, 3.8) is 0 Å². The minimum Gasteiger partial charge on any atom is -0.388 e. The molecule has 0 amide bonds. The van der Waals surface area contributed by atoms with Gasteiger partial charge in [0.15, 0.2) is 0 Å². The van der Waals surface area contributed by atoms with E-state index >= 15 is 0 Å². The molecule has 4 aliphatic heterocycles. The largest absolute Gasteiger partial charge is 0.388 e. The van der Waals surface area contributed by atoms with Crippen LogP contribution in [0.2, 0.25) is 0 Å². The lowest BCUT2D eigenvalue weighted by atomic mass is 9.74. The summed E-state index contributed by atoms with van der Waals surface area (Å²) in [5, 5.41) is 10.9. The molecule has 0 spiro atoms. The first-order valence-electron chi connectivity index (χ1n) is 6.75. The summed E-state index contributed by atoms with van der Waals surface area (Å²) in [5.41, 5.74) is 1.01. The zero-order valence-corrected chi connectivity index (χ0v) is 12.4. The lowest BCUT2D eigenvalue weighted by Gasteiger charge is -2.61. The Morgan fingerprint density at radius 3 is 1.89 bits per heavy atom. The maximum absolute atomic E-state index is 10.9. The average molecular weight is 324 g/mol. The van der Waals surface area contributed by atoms with Gasteiger partial charge in [0.25, 0.3) is 0 Å². The fourth-order valence-corrected chi connectivity index (χ4v) is 4.29. The van der Waals surface area contributed by atoms with E-state index in [9.17, 15) is 5.11 Å². The second-order valence-electron chi connectivity index (χ2n) is 6.23. The summed E-state index contributed by atoms with van der Waals surface area (Å²) in [5.74, 6) is 0. The maximum Gasteiger partial charge on any atom is 0.0883 e. The van der Waals surface area contributed by atoms with Gasteiger partial charge in [-0.1, -0.05) is 28.1 Å². The summed E-state index contributed by atoms with van der Waals surface area (Å²) in [7, 11) is 0. The fraction of sp³-hybridized carbons (Fsp3) is 0.571. The van der Waals surface area contributed by atoms with E-state index in [2.05, 4.69) is 30.6 Å². The van der Waals surface area contributed by atoms with Gasteiger partial charge < -0.3 is 5.11 Å². The molecule has 1 aromatic rings. The van der Waals surface area contributed by atoms with E-state index in [1.54, 1.807) is 0 Å². The van der Waals surface area contributed by atoms with Gasteiger partial charge in [0.05, 0.1) is 26.1 Å². The summed E-state index contributed by atoms with van der Waals surface area (Å²) in [6.45, 7) is 6.22. The third kappa shape index (κ3) is 1.96. The third-order valence-electron chi connectivity index (χ3n) is 4.58. The van der Waals surface area contributed by atoms with Crippen molar-refractivity contribution in [3.05, 3.63) is 34.3 Å². The van der Waals surface area contributed by atoms with Crippen LogP contribution in [-0.2, 0) is 0 Å². The van der Waals surface area contributed by atoms with Gasteiger partial charge in [0.2, 0.25) is 0 Å². The van der Waals surface area contributed by atoms with Crippen molar-refractivity contribution in [2.75, 3.05) is 39.6 Å². The normalized spacial score (nSPS) is 41.5. The molecule has 4 bridgehead atoms. The Morgan fingerprint density at radius 2 is 1.42 bits per heavy atom. The maximum atomic E-state index is 10.9. The molecule has 0 radical (unpaired) electrons. The SMILES string of the molecule is OC(c1ccc(Br)cc1)C12CN3CN(CN(C3)C1)C2. The van der Waals surface area contributed by atoms with Crippen LogP contribution in [0.4, 0.5) is 0 Å². The Bertz CT molecular complexity index is 455. The molecule has 0 saturated carbocycles. The van der Waals surface area contributed by atoms with Gasteiger partial charge >= 0.3 is 0 Å². The van der Waals surface area contributed by atoms with Crippen LogP contribution in [-0.4, -0.2) is 59.4 Å². The Kier molecular flexibility index (Phi) is 2.76. The minimum absolute atomic E-state index is 0.0252. The Labute approximate surface area is 121 Å². The number of hydrogen-bond acceptors (Lipinski definition) is 4. The van der Waals surface area contributed by atoms with E-state index in [0.29, 0.717) is 0 Å². The second-order valence-corrected chi connectivity index (χ2v) is 7.14. The summed E-state index contributed by atoms with van der Waals surface area (Å²) in [6.07, 6.45) is -0.381. The molecule has 5 rings (SSSR count). The quantitative estimate of drug-likeness (QED) is 0.888. The van der Waals surface area contributed by atoms with Crippen molar-refractivity contribution < 1.29 is 5.11 Å². The van der Waals surface area contributed by atoms with Crippen LogP contribution >= 0.6 is 15.9 Å². The molecular weight excluding hydrogens is 306 g/mol. The van der Waals surface area contributed by atoms with Crippen LogP contribution in [0.1, 0.15) is 11.7 Å². The highest BCUT2D eigenvalue weighted by atomic mass is 79.9. The Balaban J connectivity index is 1.65.